The van der Waals surface area contributed by atoms with Crippen LogP contribution in [0.1, 0.15) is 84.0 Å². The molecule has 0 spiro atoms. The van der Waals surface area contributed by atoms with Gasteiger partial charge in [-0.1, -0.05) is 77.6 Å². The van der Waals surface area contributed by atoms with Gasteiger partial charge in [0.15, 0.2) is 0 Å². The molecular formula is C18H39NO5P-. The molecule has 0 aliphatic rings. The molecule has 0 rings (SSSR count). The Morgan fingerprint density at radius 2 is 1.20 bits per heavy atom. The van der Waals surface area contributed by atoms with Gasteiger partial charge in [-0.25, -0.2) is 0 Å². The standard InChI is InChI=1S/C18H40NO5P/c1-2-3-4-5-6-7-8-9-10-11-12-13-15-22-17-18-24-25(20,21)23-16-14-19/h2-19H2,1H3,(H,20,21)/p-1. The van der Waals surface area contributed by atoms with Gasteiger partial charge < -0.3 is 24.4 Å². The van der Waals surface area contributed by atoms with Crippen molar-refractivity contribution < 1.29 is 23.2 Å². The van der Waals surface area contributed by atoms with E-state index in [-0.39, 0.29) is 26.4 Å². The van der Waals surface area contributed by atoms with Gasteiger partial charge in [0.25, 0.3) is 7.82 Å². The largest absolute Gasteiger partial charge is 0.756 e. The van der Waals surface area contributed by atoms with E-state index in [2.05, 4.69) is 16.0 Å². The summed E-state index contributed by atoms with van der Waals surface area (Å²) in [5.74, 6) is 0. The Morgan fingerprint density at radius 3 is 1.72 bits per heavy atom. The Labute approximate surface area is 154 Å². The fourth-order valence-electron chi connectivity index (χ4n) is 2.56. The highest BCUT2D eigenvalue weighted by molar-refractivity contribution is 7.45. The zero-order valence-electron chi connectivity index (χ0n) is 16.1. The average molecular weight is 380 g/mol. The van der Waals surface area contributed by atoms with Crippen LogP contribution in [0.5, 0.6) is 0 Å². The van der Waals surface area contributed by atoms with Gasteiger partial charge in [0, 0.05) is 13.2 Å². The van der Waals surface area contributed by atoms with Gasteiger partial charge in [-0.15, -0.1) is 0 Å². The van der Waals surface area contributed by atoms with Crippen LogP contribution in [0.15, 0.2) is 0 Å². The minimum absolute atomic E-state index is 0.0103. The summed E-state index contributed by atoms with van der Waals surface area (Å²) in [5.41, 5.74) is 5.16. The van der Waals surface area contributed by atoms with Gasteiger partial charge in [-0.05, 0) is 6.42 Å². The molecule has 152 valence electrons. The predicted molar refractivity (Wildman–Crippen MR) is 100 cm³/mol. The summed E-state index contributed by atoms with van der Waals surface area (Å²) in [6.07, 6.45) is 15.7. The first-order valence-corrected chi connectivity index (χ1v) is 11.5. The Bertz CT molecular complexity index is 318. The van der Waals surface area contributed by atoms with Gasteiger partial charge in [0.05, 0.1) is 19.8 Å². The second-order valence-corrected chi connectivity index (χ2v) is 7.81. The Hall–Kier alpha value is 0.0300. The van der Waals surface area contributed by atoms with Gasteiger partial charge in [0.2, 0.25) is 0 Å². The maximum absolute atomic E-state index is 11.2. The molecule has 25 heavy (non-hydrogen) atoms. The van der Waals surface area contributed by atoms with Crippen LogP contribution in [0.3, 0.4) is 0 Å². The monoisotopic (exact) mass is 380 g/mol. The summed E-state index contributed by atoms with van der Waals surface area (Å²) >= 11 is 0. The highest BCUT2D eigenvalue weighted by atomic mass is 31.2. The predicted octanol–water partition coefficient (Wildman–Crippen LogP) is 4.16. The third-order valence-electron chi connectivity index (χ3n) is 3.99. The normalized spacial score (nSPS) is 13.9. The van der Waals surface area contributed by atoms with Gasteiger partial charge >= 0.3 is 0 Å². The summed E-state index contributed by atoms with van der Waals surface area (Å²) in [7, 11) is -4.21. The lowest BCUT2D eigenvalue weighted by molar-refractivity contribution is -0.226. The molecule has 0 radical (unpaired) electrons. The van der Waals surface area contributed by atoms with Crippen LogP contribution in [-0.2, 0) is 18.3 Å². The smallest absolute Gasteiger partial charge is 0.267 e. The lowest BCUT2D eigenvalue weighted by atomic mass is 10.1. The minimum Gasteiger partial charge on any atom is -0.756 e. The van der Waals surface area contributed by atoms with Crippen LogP contribution in [0.25, 0.3) is 0 Å². The van der Waals surface area contributed by atoms with E-state index in [0.717, 1.165) is 12.8 Å². The summed E-state index contributed by atoms with van der Waals surface area (Å²) in [6, 6.07) is 0. The minimum atomic E-state index is -4.21. The van der Waals surface area contributed by atoms with Crippen molar-refractivity contribution in [3.8, 4) is 0 Å². The van der Waals surface area contributed by atoms with Crippen molar-refractivity contribution in [2.45, 2.75) is 84.0 Å². The molecule has 1 unspecified atom stereocenters. The number of hydrogen-bond acceptors (Lipinski definition) is 6. The fraction of sp³-hybridized carbons (Fsp3) is 1.00. The number of phosphoric ester groups is 1. The van der Waals surface area contributed by atoms with Crippen molar-refractivity contribution in [3.63, 3.8) is 0 Å². The Morgan fingerprint density at radius 1 is 0.720 bits per heavy atom. The lowest BCUT2D eigenvalue weighted by Crippen LogP contribution is -2.15. The third-order valence-corrected chi connectivity index (χ3v) is 4.98. The third kappa shape index (κ3) is 20.2. The fourth-order valence-corrected chi connectivity index (χ4v) is 3.26. The SMILES string of the molecule is CCCCCCCCCCCCCCOCCOP(=O)([O-])OCCN. The first-order chi connectivity index (χ1) is 12.1. The van der Waals surface area contributed by atoms with Crippen molar-refractivity contribution >= 4 is 7.82 Å². The maximum atomic E-state index is 11.2. The van der Waals surface area contributed by atoms with Crippen molar-refractivity contribution in [1.29, 1.82) is 0 Å². The van der Waals surface area contributed by atoms with Crippen molar-refractivity contribution in [2.24, 2.45) is 5.73 Å². The number of unbranched alkanes of at least 4 members (excludes halogenated alkanes) is 11. The van der Waals surface area contributed by atoms with Crippen LogP contribution < -0.4 is 10.6 Å². The first kappa shape index (κ1) is 25.0. The average Bonchev–Trinajstić information content (AvgIpc) is 2.59. The molecule has 0 heterocycles. The number of hydrogen-bond donors (Lipinski definition) is 1. The molecule has 0 aromatic carbocycles. The zero-order chi connectivity index (χ0) is 18.6. The molecule has 2 N–H and O–H groups in total. The van der Waals surface area contributed by atoms with E-state index in [4.69, 9.17) is 10.5 Å². The van der Waals surface area contributed by atoms with Crippen molar-refractivity contribution in [3.05, 3.63) is 0 Å². The molecule has 0 aromatic heterocycles. The van der Waals surface area contributed by atoms with Crippen LogP contribution in [0, 0.1) is 0 Å². The highest BCUT2D eigenvalue weighted by Crippen LogP contribution is 2.37. The van der Waals surface area contributed by atoms with Crippen LogP contribution in [-0.4, -0.2) is 33.0 Å². The molecule has 0 saturated heterocycles. The van der Waals surface area contributed by atoms with E-state index in [1.54, 1.807) is 0 Å². The van der Waals surface area contributed by atoms with E-state index in [1.807, 2.05) is 0 Å². The Kier molecular flexibility index (Phi) is 18.8. The summed E-state index contributed by atoms with van der Waals surface area (Å²) in [5, 5.41) is 0. The molecule has 7 heteroatoms. The second kappa shape index (κ2) is 18.8. The number of ether oxygens (including phenoxy) is 1. The first-order valence-electron chi connectivity index (χ1n) is 10.0. The van der Waals surface area contributed by atoms with Gasteiger partial charge in [-0.3, -0.25) is 4.57 Å². The van der Waals surface area contributed by atoms with Crippen LogP contribution in [0.2, 0.25) is 0 Å². The van der Waals surface area contributed by atoms with Crippen molar-refractivity contribution in [2.75, 3.05) is 33.0 Å². The Balaban J connectivity index is 3.15. The summed E-state index contributed by atoms with van der Waals surface area (Å²) < 4.78 is 25.7. The molecule has 0 amide bonds. The topological polar surface area (TPSA) is 93.8 Å². The number of phosphoric acid groups is 1. The van der Waals surface area contributed by atoms with E-state index in [0.29, 0.717) is 6.61 Å². The molecule has 0 bridgehead atoms. The van der Waals surface area contributed by atoms with Gasteiger partial charge in [-0.2, -0.15) is 0 Å². The van der Waals surface area contributed by atoms with Gasteiger partial charge in [0.1, 0.15) is 0 Å². The van der Waals surface area contributed by atoms with E-state index >= 15 is 0 Å². The van der Waals surface area contributed by atoms with Crippen LogP contribution in [0.4, 0.5) is 0 Å². The molecular weight excluding hydrogens is 341 g/mol. The molecule has 0 saturated carbocycles. The second-order valence-electron chi connectivity index (χ2n) is 6.40. The molecule has 0 fully saturated rings. The van der Waals surface area contributed by atoms with E-state index < -0.39 is 7.82 Å². The molecule has 0 aliphatic carbocycles. The van der Waals surface area contributed by atoms with E-state index in [1.165, 1.54) is 64.2 Å². The summed E-state index contributed by atoms with van der Waals surface area (Å²) in [6.45, 7) is 3.24. The quantitative estimate of drug-likeness (QED) is 0.252. The number of nitrogens with two attached hydrogens (primary N) is 1. The number of rotatable bonds is 20. The summed E-state index contributed by atoms with van der Waals surface area (Å²) in [4.78, 5) is 11.2. The highest BCUT2D eigenvalue weighted by Gasteiger charge is 2.07. The lowest BCUT2D eigenvalue weighted by Gasteiger charge is -2.22. The molecule has 1 atom stereocenters. The molecule has 6 nitrogen and oxygen atoms in total. The van der Waals surface area contributed by atoms with Crippen LogP contribution >= 0.6 is 7.82 Å². The van der Waals surface area contributed by atoms with E-state index in [9.17, 15) is 9.46 Å². The molecule has 0 aliphatic heterocycles. The zero-order valence-corrected chi connectivity index (χ0v) is 17.0. The molecule has 0 aromatic rings. The van der Waals surface area contributed by atoms with Crippen molar-refractivity contribution in [1.82, 2.24) is 0 Å². The maximum Gasteiger partial charge on any atom is 0.267 e.